The van der Waals surface area contributed by atoms with Gasteiger partial charge in [0.2, 0.25) is 0 Å². The number of benzene rings is 1. The Morgan fingerprint density at radius 3 is 1.79 bits per heavy atom. The maximum Gasteiger partial charge on any atom is 0.416 e. The van der Waals surface area contributed by atoms with Gasteiger partial charge in [-0.2, -0.15) is 17.7 Å². The number of carbonyl (C=O) groups excluding carboxylic acids is 2. The minimum atomic E-state index is -4.41. The number of amides is 2. The van der Waals surface area contributed by atoms with E-state index in [0.717, 1.165) is 12.1 Å². The van der Waals surface area contributed by atoms with Crippen LogP contribution in [0.25, 0.3) is 0 Å². The lowest BCUT2D eigenvalue weighted by Crippen LogP contribution is -3.00. The van der Waals surface area contributed by atoms with E-state index in [2.05, 4.69) is 0 Å². The molecule has 1 heterocycles. The lowest BCUT2D eigenvalue weighted by molar-refractivity contribution is -0.688. The van der Waals surface area contributed by atoms with Crippen molar-refractivity contribution in [3.8, 4) is 0 Å². The Bertz CT molecular complexity index is 729. The number of hydrogen-bond acceptors (Lipinski definition) is 2. The molecule has 0 spiro atoms. The number of pyridine rings is 1. The molecule has 0 fully saturated rings. The molecular formula is C15H13BrF3N3O2. The highest BCUT2D eigenvalue weighted by Gasteiger charge is 2.30. The van der Waals surface area contributed by atoms with Crippen LogP contribution in [0.15, 0.2) is 42.7 Å². The van der Waals surface area contributed by atoms with Crippen molar-refractivity contribution in [1.29, 1.82) is 0 Å². The Balaban J connectivity index is 0.00000288. The summed E-state index contributed by atoms with van der Waals surface area (Å²) in [5, 5.41) is 0. The zero-order chi connectivity index (χ0) is 17.2. The topological polar surface area (TPSA) is 90.1 Å². The Hall–Kier alpha value is -2.42. The van der Waals surface area contributed by atoms with Crippen LogP contribution in [0.1, 0.15) is 31.8 Å². The highest BCUT2D eigenvalue weighted by Crippen LogP contribution is 2.29. The van der Waals surface area contributed by atoms with Crippen molar-refractivity contribution in [2.24, 2.45) is 11.5 Å². The van der Waals surface area contributed by atoms with Crippen LogP contribution in [-0.4, -0.2) is 11.8 Å². The van der Waals surface area contributed by atoms with E-state index in [1.807, 2.05) is 0 Å². The number of nitrogens with zero attached hydrogens (tertiary/aromatic N) is 1. The molecule has 9 heteroatoms. The van der Waals surface area contributed by atoms with Crippen LogP contribution in [0, 0.1) is 0 Å². The lowest BCUT2D eigenvalue weighted by atomic mass is 10.1. The van der Waals surface area contributed by atoms with Crippen molar-refractivity contribution < 1.29 is 44.3 Å². The van der Waals surface area contributed by atoms with Gasteiger partial charge in [-0.3, -0.25) is 9.59 Å². The monoisotopic (exact) mass is 403 g/mol. The molecule has 0 saturated heterocycles. The van der Waals surface area contributed by atoms with Crippen molar-refractivity contribution >= 4 is 11.8 Å². The van der Waals surface area contributed by atoms with Gasteiger partial charge in [0.05, 0.1) is 5.56 Å². The molecule has 0 bridgehead atoms. The molecule has 2 aromatic rings. The van der Waals surface area contributed by atoms with Gasteiger partial charge in [0.1, 0.15) is 11.1 Å². The van der Waals surface area contributed by atoms with Crippen LogP contribution in [0.5, 0.6) is 0 Å². The molecule has 0 aliphatic heterocycles. The molecular weight excluding hydrogens is 391 g/mol. The van der Waals surface area contributed by atoms with Gasteiger partial charge in [-0.1, -0.05) is 12.1 Å². The molecule has 0 aliphatic rings. The first-order chi connectivity index (χ1) is 10.7. The second kappa shape index (κ2) is 7.43. The van der Waals surface area contributed by atoms with Gasteiger partial charge >= 0.3 is 6.18 Å². The fourth-order valence-electron chi connectivity index (χ4n) is 2.01. The molecule has 0 radical (unpaired) electrons. The quantitative estimate of drug-likeness (QED) is 0.592. The number of nitrogens with two attached hydrogens (primary N) is 2. The molecule has 5 nitrogen and oxygen atoms in total. The maximum atomic E-state index is 12.5. The zero-order valence-electron chi connectivity index (χ0n) is 12.2. The van der Waals surface area contributed by atoms with Crippen molar-refractivity contribution in [2.45, 2.75) is 12.7 Å². The van der Waals surface area contributed by atoms with Gasteiger partial charge in [0.25, 0.3) is 11.8 Å². The van der Waals surface area contributed by atoms with Crippen molar-refractivity contribution in [3.05, 3.63) is 65.0 Å². The van der Waals surface area contributed by atoms with Gasteiger partial charge in [-0.25, -0.2) is 0 Å². The summed E-state index contributed by atoms with van der Waals surface area (Å²) in [6.45, 7) is 0.152. The summed E-state index contributed by atoms with van der Waals surface area (Å²) in [5.41, 5.74) is 10.3. The van der Waals surface area contributed by atoms with E-state index in [9.17, 15) is 22.8 Å². The average molecular weight is 404 g/mol. The number of carbonyl (C=O) groups is 2. The third-order valence-corrected chi connectivity index (χ3v) is 3.14. The number of rotatable bonds is 4. The maximum absolute atomic E-state index is 12.5. The van der Waals surface area contributed by atoms with Crippen molar-refractivity contribution in [2.75, 3.05) is 0 Å². The molecule has 0 aliphatic carbocycles. The summed E-state index contributed by atoms with van der Waals surface area (Å²) in [7, 11) is 0. The average Bonchev–Trinajstić information content (AvgIpc) is 2.46. The first kappa shape index (κ1) is 19.6. The Kier molecular flexibility index (Phi) is 6.08. The predicted molar refractivity (Wildman–Crippen MR) is 74.2 cm³/mol. The van der Waals surface area contributed by atoms with E-state index in [1.54, 1.807) is 0 Å². The molecule has 128 valence electrons. The molecule has 0 saturated carbocycles. The SMILES string of the molecule is NC(=O)c1cc(C(N)=O)c[n+](Cc2ccc(C(F)(F)F)cc2)c1.[Br-]. The second-order valence-corrected chi connectivity index (χ2v) is 4.91. The normalized spacial score (nSPS) is 10.8. The molecule has 2 amide bonds. The summed E-state index contributed by atoms with van der Waals surface area (Å²) >= 11 is 0. The van der Waals surface area contributed by atoms with E-state index in [4.69, 9.17) is 11.5 Å². The fraction of sp³-hybridized carbons (Fsp3) is 0.133. The number of aromatic nitrogens is 1. The first-order valence-electron chi connectivity index (χ1n) is 6.46. The van der Waals surface area contributed by atoms with Crippen LogP contribution in [0.4, 0.5) is 13.2 Å². The first-order valence-corrected chi connectivity index (χ1v) is 6.46. The van der Waals surface area contributed by atoms with Gasteiger partial charge in [-0.15, -0.1) is 0 Å². The third-order valence-electron chi connectivity index (χ3n) is 3.14. The highest BCUT2D eigenvalue weighted by atomic mass is 79.9. The van der Waals surface area contributed by atoms with Crippen molar-refractivity contribution in [1.82, 2.24) is 0 Å². The largest absolute Gasteiger partial charge is 1.00 e. The smallest absolute Gasteiger partial charge is 0.416 e. The van der Waals surface area contributed by atoms with Crippen LogP contribution in [0.3, 0.4) is 0 Å². The van der Waals surface area contributed by atoms with Crippen LogP contribution in [-0.2, 0) is 12.7 Å². The standard InChI is InChI=1S/C15H12F3N3O2.BrH/c16-15(17,18)12-3-1-9(2-4-12)6-21-7-10(13(19)22)5-11(8-21)14(20)23;/h1-5,7-8H,6H2,(H3-,19,20,22,23);1H. The Morgan fingerprint density at radius 2 is 1.42 bits per heavy atom. The van der Waals surface area contributed by atoms with Crippen LogP contribution < -0.4 is 33.0 Å². The fourth-order valence-corrected chi connectivity index (χ4v) is 2.01. The van der Waals surface area contributed by atoms with E-state index in [1.165, 1.54) is 35.2 Å². The summed E-state index contributed by atoms with van der Waals surface area (Å²) in [5.74, 6) is -1.48. The number of hydrogen-bond donors (Lipinski definition) is 2. The van der Waals surface area contributed by atoms with E-state index in [0.29, 0.717) is 5.56 Å². The van der Waals surface area contributed by atoms with Crippen LogP contribution in [0.2, 0.25) is 0 Å². The number of alkyl halides is 3. The Morgan fingerprint density at radius 1 is 0.958 bits per heavy atom. The van der Waals surface area contributed by atoms with Gasteiger partial charge in [0.15, 0.2) is 18.9 Å². The van der Waals surface area contributed by atoms with E-state index < -0.39 is 23.6 Å². The minimum Gasteiger partial charge on any atom is -1.00 e. The molecule has 0 atom stereocenters. The molecule has 1 aromatic carbocycles. The second-order valence-electron chi connectivity index (χ2n) is 4.91. The summed E-state index contributed by atoms with van der Waals surface area (Å²) in [6, 6.07) is 5.81. The Labute approximate surface area is 145 Å². The molecule has 24 heavy (non-hydrogen) atoms. The summed E-state index contributed by atoms with van der Waals surface area (Å²) in [4.78, 5) is 22.5. The zero-order valence-corrected chi connectivity index (χ0v) is 13.8. The molecule has 0 unspecified atom stereocenters. The highest BCUT2D eigenvalue weighted by molar-refractivity contribution is 5.97. The molecule has 2 rings (SSSR count). The van der Waals surface area contributed by atoms with E-state index >= 15 is 0 Å². The third kappa shape index (κ3) is 4.79. The number of halogens is 4. The summed E-state index contributed by atoms with van der Waals surface area (Å²) in [6.07, 6.45) is -1.62. The molecule has 4 N–H and O–H groups in total. The predicted octanol–water partition coefficient (Wildman–Crippen LogP) is -1.76. The van der Waals surface area contributed by atoms with Gasteiger partial charge in [0, 0.05) is 5.56 Å². The minimum absolute atomic E-state index is 0. The van der Waals surface area contributed by atoms with E-state index in [-0.39, 0.29) is 34.7 Å². The lowest BCUT2D eigenvalue weighted by Gasteiger charge is -2.07. The number of primary amides is 2. The molecule has 1 aromatic heterocycles. The van der Waals surface area contributed by atoms with Crippen molar-refractivity contribution in [3.63, 3.8) is 0 Å². The summed E-state index contributed by atoms with van der Waals surface area (Å²) < 4.78 is 39.0. The van der Waals surface area contributed by atoms with Crippen LogP contribution >= 0.6 is 0 Å². The van der Waals surface area contributed by atoms with Gasteiger partial charge in [-0.05, 0) is 18.2 Å². The van der Waals surface area contributed by atoms with Gasteiger partial charge < -0.3 is 28.4 Å².